The summed E-state index contributed by atoms with van der Waals surface area (Å²) in [5.41, 5.74) is 5.58. The van der Waals surface area contributed by atoms with Crippen LogP contribution < -0.4 is 37.6 Å². The predicted molar refractivity (Wildman–Crippen MR) is 257 cm³/mol. The summed E-state index contributed by atoms with van der Waals surface area (Å²) in [5.74, 6) is -3.11. The molecule has 0 radical (unpaired) electrons. The van der Waals surface area contributed by atoms with Gasteiger partial charge >= 0.3 is 6.03 Å². The predicted octanol–water partition coefficient (Wildman–Crippen LogP) is 2.77. The Hall–Kier alpha value is -4.65. The quantitative estimate of drug-likeness (QED) is 0.0603. The fourth-order valence-corrected chi connectivity index (χ4v) is 9.43. The Morgan fingerprint density at radius 2 is 1.60 bits per heavy atom. The molecular formula is C49H83N9O9. The molecule has 0 bridgehead atoms. The van der Waals surface area contributed by atoms with E-state index in [0.717, 1.165) is 31.2 Å². The Morgan fingerprint density at radius 3 is 2.18 bits per heavy atom. The molecule has 2 heterocycles. The molecule has 18 nitrogen and oxygen atoms in total. The Labute approximate surface area is 399 Å². The molecule has 18 heteroatoms. The highest BCUT2D eigenvalue weighted by molar-refractivity contribution is 6.01. The van der Waals surface area contributed by atoms with Gasteiger partial charge in [-0.2, -0.15) is 0 Å². The fourth-order valence-electron chi connectivity index (χ4n) is 9.43. The van der Waals surface area contributed by atoms with Gasteiger partial charge in [0.25, 0.3) is 0 Å². The number of carbonyl (C=O) groups is 7. The second kappa shape index (κ2) is 27.4. The molecule has 67 heavy (non-hydrogen) atoms. The molecule has 10 atom stereocenters. The van der Waals surface area contributed by atoms with Crippen LogP contribution in [-0.2, 0) is 44.7 Å². The van der Waals surface area contributed by atoms with E-state index < -0.39 is 65.4 Å². The van der Waals surface area contributed by atoms with Crippen LogP contribution in [0.4, 0.5) is 4.79 Å². The highest BCUT2D eigenvalue weighted by Gasteiger charge is 2.44. The third-order valence-electron chi connectivity index (χ3n) is 13.5. The monoisotopic (exact) mass is 942 g/mol. The maximum atomic E-state index is 14.4. The zero-order valence-electron chi connectivity index (χ0n) is 42.1. The Bertz CT molecular complexity index is 1780. The van der Waals surface area contributed by atoms with E-state index >= 15 is 0 Å². The van der Waals surface area contributed by atoms with Crippen LogP contribution in [0, 0.1) is 17.8 Å². The number of unbranched alkanes of at least 4 members (excludes halogenated alkanes) is 2. The van der Waals surface area contributed by atoms with Gasteiger partial charge in [0.2, 0.25) is 35.4 Å². The molecule has 2 fully saturated rings. The second-order valence-corrected chi connectivity index (χ2v) is 19.5. The zero-order chi connectivity index (χ0) is 50.0. The molecule has 0 unspecified atom stereocenters. The maximum Gasteiger partial charge on any atom is 0.315 e. The summed E-state index contributed by atoms with van der Waals surface area (Å²) in [6.07, 6.45) is 4.62. The van der Waals surface area contributed by atoms with Crippen LogP contribution in [0.1, 0.15) is 119 Å². The highest BCUT2D eigenvalue weighted by Crippen LogP contribution is 2.30. The first-order valence-electron chi connectivity index (χ1n) is 24.3. The third-order valence-corrected chi connectivity index (χ3v) is 13.5. The van der Waals surface area contributed by atoms with E-state index in [1.54, 1.807) is 18.9 Å². The van der Waals surface area contributed by atoms with Gasteiger partial charge in [-0.05, 0) is 70.9 Å². The van der Waals surface area contributed by atoms with E-state index in [0.29, 0.717) is 32.2 Å². The van der Waals surface area contributed by atoms with Crippen LogP contribution in [0.5, 0.6) is 0 Å². The van der Waals surface area contributed by atoms with Gasteiger partial charge in [-0.3, -0.25) is 39.0 Å². The van der Waals surface area contributed by atoms with Crippen LogP contribution >= 0.6 is 0 Å². The minimum absolute atomic E-state index is 0.00414. The van der Waals surface area contributed by atoms with Crippen LogP contribution in [0.3, 0.4) is 0 Å². The normalized spacial score (nSPS) is 20.5. The number of carbonyl (C=O) groups excluding carboxylic acids is 7. The molecule has 2 aliphatic heterocycles. The fraction of sp³-hybridized carbons (Fsp3) is 0.735. The van der Waals surface area contributed by atoms with E-state index in [2.05, 4.69) is 38.8 Å². The number of benzene rings is 1. The SMILES string of the molecule is CC[C@H](C)[C@@H]([C@@H](CC(=O)N1CCC[C@H]1[C@H](OC)[C@@H](C)C(=O)N[C@@H](Cc1ccccc1)C(=O)NCCNC(=O)CCCCC[C@@H]1NC(=O)N[C@@H]1C)OC)N(C)[C@H](C(=O)NC(=O)C(C)(C)N)C(C)C. The Kier molecular flexibility index (Phi) is 23.2. The van der Waals surface area contributed by atoms with Crippen molar-refractivity contribution in [1.29, 1.82) is 0 Å². The lowest BCUT2D eigenvalue weighted by atomic mass is 9.87. The lowest BCUT2D eigenvalue weighted by Gasteiger charge is -2.43. The average Bonchev–Trinajstić information content (AvgIpc) is 3.89. The number of methoxy groups -OCH3 is 2. The van der Waals surface area contributed by atoms with E-state index in [4.69, 9.17) is 15.2 Å². The number of ether oxygens (including phenoxy) is 2. The number of rotatable bonds is 28. The second-order valence-electron chi connectivity index (χ2n) is 19.5. The van der Waals surface area contributed by atoms with Crippen molar-refractivity contribution in [2.75, 3.05) is 40.9 Å². The number of likely N-dealkylation sites (tertiary alicyclic amines) is 1. The maximum absolute atomic E-state index is 14.4. The Balaban J connectivity index is 1.65. The summed E-state index contributed by atoms with van der Waals surface area (Å²) in [7, 11) is 4.90. The third kappa shape index (κ3) is 17.1. The largest absolute Gasteiger partial charge is 0.379 e. The van der Waals surface area contributed by atoms with Crippen LogP contribution in [0.2, 0.25) is 0 Å². The number of urea groups is 1. The Morgan fingerprint density at radius 1 is 0.925 bits per heavy atom. The number of nitrogens with one attached hydrogen (secondary N) is 6. The smallest absolute Gasteiger partial charge is 0.315 e. The summed E-state index contributed by atoms with van der Waals surface area (Å²) in [6, 6.07) is 6.94. The zero-order valence-corrected chi connectivity index (χ0v) is 42.1. The minimum Gasteiger partial charge on any atom is -0.379 e. The van der Waals surface area contributed by atoms with Gasteiger partial charge in [0, 0.05) is 58.8 Å². The molecule has 0 aliphatic carbocycles. The van der Waals surface area contributed by atoms with Crippen molar-refractivity contribution in [3.63, 3.8) is 0 Å². The van der Waals surface area contributed by atoms with E-state index in [1.807, 2.05) is 70.0 Å². The van der Waals surface area contributed by atoms with Crippen LogP contribution in [-0.4, -0.2) is 146 Å². The molecule has 2 aliphatic rings. The topological polar surface area (TPSA) is 243 Å². The van der Waals surface area contributed by atoms with E-state index in [-0.39, 0.29) is 73.7 Å². The van der Waals surface area contributed by atoms with Crippen molar-refractivity contribution in [3.8, 4) is 0 Å². The lowest BCUT2D eigenvalue weighted by Crippen LogP contribution is -2.60. The van der Waals surface area contributed by atoms with Gasteiger partial charge < -0.3 is 46.7 Å². The summed E-state index contributed by atoms with van der Waals surface area (Å²) < 4.78 is 12.1. The molecule has 0 saturated carbocycles. The summed E-state index contributed by atoms with van der Waals surface area (Å²) in [6.45, 7) is 15.5. The van der Waals surface area contributed by atoms with Gasteiger partial charge in [0.15, 0.2) is 0 Å². The van der Waals surface area contributed by atoms with Crippen LogP contribution in [0.25, 0.3) is 0 Å². The van der Waals surface area contributed by atoms with Crippen LogP contribution in [0.15, 0.2) is 30.3 Å². The van der Waals surface area contributed by atoms with Crippen molar-refractivity contribution in [2.24, 2.45) is 23.5 Å². The summed E-state index contributed by atoms with van der Waals surface area (Å²) in [4.78, 5) is 96.3. The molecule has 2 saturated heterocycles. The first-order valence-corrected chi connectivity index (χ1v) is 24.3. The molecule has 0 spiro atoms. The minimum atomic E-state index is -1.25. The van der Waals surface area contributed by atoms with Crippen molar-refractivity contribution in [2.45, 2.75) is 174 Å². The molecule has 3 rings (SSSR count). The number of hydrogen-bond donors (Lipinski definition) is 7. The van der Waals surface area contributed by atoms with Crippen molar-refractivity contribution in [3.05, 3.63) is 35.9 Å². The molecule has 8 amide bonds. The lowest BCUT2D eigenvalue weighted by molar-refractivity contribution is -0.144. The summed E-state index contributed by atoms with van der Waals surface area (Å²) >= 11 is 0. The van der Waals surface area contributed by atoms with Gasteiger partial charge in [-0.15, -0.1) is 0 Å². The first kappa shape index (κ1) is 56.7. The molecule has 0 aromatic heterocycles. The van der Waals surface area contributed by atoms with Crippen molar-refractivity contribution >= 4 is 41.5 Å². The van der Waals surface area contributed by atoms with Crippen molar-refractivity contribution < 1.29 is 43.0 Å². The van der Waals surface area contributed by atoms with Gasteiger partial charge in [0.05, 0.1) is 48.2 Å². The standard InChI is InChI=1S/C49H83N9O9/c1-12-31(4)42(57(9)41(30(2)3)46(63)56-47(64)49(7,8)50)38(66-10)29-40(60)58-27-19-23-37(58)43(67-11)32(5)44(61)54-36(28-34-20-15-13-16-21-34)45(62)52-26-25-51-39(59)24-18-14-17-22-35-33(6)53-48(65)55-35/h13,15-16,20-21,30-33,35-38,41-43H,12,14,17-19,22-29,50H2,1-11H3,(H,51,59)(H,52,62)(H,54,61)(H2,53,55,65)(H,56,63,64)/t31-,32+,33+,35-,36-,37-,38+,41-,42-,43+/m0/s1. The average molecular weight is 942 g/mol. The van der Waals surface area contributed by atoms with Gasteiger partial charge in [-0.1, -0.05) is 84.2 Å². The number of likely N-dealkylation sites (N-methyl/N-ethyl adjacent to an activating group) is 1. The first-order chi connectivity index (χ1) is 31.6. The van der Waals surface area contributed by atoms with E-state index in [9.17, 15) is 33.6 Å². The molecule has 8 N–H and O–H groups in total. The number of amides is 8. The van der Waals surface area contributed by atoms with E-state index in [1.165, 1.54) is 21.0 Å². The summed E-state index contributed by atoms with van der Waals surface area (Å²) in [5, 5.41) is 16.9. The number of imide groups is 1. The van der Waals surface area contributed by atoms with Gasteiger partial charge in [0.1, 0.15) is 6.04 Å². The molecule has 1 aromatic carbocycles. The molecule has 378 valence electrons. The highest BCUT2D eigenvalue weighted by atomic mass is 16.5. The number of hydrogen-bond acceptors (Lipinski definition) is 11. The van der Waals surface area contributed by atoms with Gasteiger partial charge in [-0.25, -0.2) is 4.79 Å². The number of nitrogens with zero attached hydrogens (tertiary/aromatic N) is 2. The van der Waals surface area contributed by atoms with Crippen molar-refractivity contribution in [1.82, 2.24) is 41.7 Å². The molecule has 1 aromatic rings. The molecular weight excluding hydrogens is 859 g/mol. The number of nitrogens with two attached hydrogens (primary N) is 1.